The maximum absolute atomic E-state index is 11.2. The molecule has 0 aliphatic heterocycles. The van der Waals surface area contributed by atoms with Crippen LogP contribution in [0.3, 0.4) is 0 Å². The van der Waals surface area contributed by atoms with Gasteiger partial charge in [0.2, 0.25) is 0 Å². The maximum atomic E-state index is 11.2. The van der Waals surface area contributed by atoms with Crippen LogP contribution in [0.15, 0.2) is 36.0 Å². The van der Waals surface area contributed by atoms with Gasteiger partial charge in [-0.05, 0) is 19.3 Å². The number of nitrogens with zero attached hydrogens (tertiary/aromatic N) is 2. The van der Waals surface area contributed by atoms with Crippen LogP contribution in [0.25, 0.3) is 0 Å². The van der Waals surface area contributed by atoms with E-state index in [1.54, 1.807) is 10.9 Å². The van der Waals surface area contributed by atoms with Crippen molar-refractivity contribution in [2.24, 2.45) is 0 Å². The Morgan fingerprint density at radius 3 is 3.00 bits per heavy atom. The summed E-state index contributed by atoms with van der Waals surface area (Å²) in [5.41, 5.74) is 0.0312. The normalized spacial score (nSPS) is 10.0. The highest BCUT2D eigenvalue weighted by molar-refractivity contribution is 4.81. The van der Waals surface area contributed by atoms with E-state index in [9.17, 15) is 4.79 Å². The zero-order valence-corrected chi connectivity index (χ0v) is 8.35. The van der Waals surface area contributed by atoms with Crippen LogP contribution in [-0.2, 0) is 6.54 Å². The minimum Gasteiger partial charge on any atom is -0.299 e. The molecule has 1 heterocycles. The van der Waals surface area contributed by atoms with Crippen LogP contribution in [-0.4, -0.2) is 9.55 Å². The molecule has 3 nitrogen and oxygen atoms in total. The molecular formula is C11H16N2O. The SMILES string of the molecule is C=CCCCCCn1cnccc1=O. The van der Waals surface area contributed by atoms with Gasteiger partial charge in [0.1, 0.15) is 0 Å². The van der Waals surface area contributed by atoms with Gasteiger partial charge in [-0.3, -0.25) is 9.36 Å². The molecule has 0 unspecified atom stereocenters. The van der Waals surface area contributed by atoms with E-state index in [0.29, 0.717) is 0 Å². The number of hydrogen-bond acceptors (Lipinski definition) is 2. The highest BCUT2D eigenvalue weighted by atomic mass is 16.1. The fraction of sp³-hybridized carbons (Fsp3) is 0.455. The van der Waals surface area contributed by atoms with E-state index < -0.39 is 0 Å². The summed E-state index contributed by atoms with van der Waals surface area (Å²) in [5, 5.41) is 0. The second-order valence-electron chi connectivity index (χ2n) is 3.25. The minimum absolute atomic E-state index is 0.0312. The van der Waals surface area contributed by atoms with E-state index in [-0.39, 0.29) is 5.56 Å². The Morgan fingerprint density at radius 2 is 2.29 bits per heavy atom. The molecule has 1 aromatic heterocycles. The molecular weight excluding hydrogens is 176 g/mol. The smallest absolute Gasteiger partial charge is 0.253 e. The number of rotatable bonds is 6. The van der Waals surface area contributed by atoms with Crippen molar-refractivity contribution in [3.63, 3.8) is 0 Å². The van der Waals surface area contributed by atoms with Crippen LogP contribution in [0.4, 0.5) is 0 Å². The first-order valence-electron chi connectivity index (χ1n) is 4.96. The summed E-state index contributed by atoms with van der Waals surface area (Å²) in [6.07, 6.45) is 9.41. The van der Waals surface area contributed by atoms with Crippen LogP contribution in [0.1, 0.15) is 25.7 Å². The Bertz CT molecular complexity index is 330. The Hall–Kier alpha value is -1.38. The first-order valence-corrected chi connectivity index (χ1v) is 4.96. The first-order chi connectivity index (χ1) is 6.84. The molecule has 0 N–H and O–H groups in total. The van der Waals surface area contributed by atoms with Crippen LogP contribution in [0, 0.1) is 0 Å². The number of aromatic nitrogens is 2. The summed E-state index contributed by atoms with van der Waals surface area (Å²) < 4.78 is 1.65. The molecule has 0 amide bonds. The highest BCUT2D eigenvalue weighted by Gasteiger charge is 1.93. The van der Waals surface area contributed by atoms with Crippen molar-refractivity contribution in [2.75, 3.05) is 0 Å². The number of aryl methyl sites for hydroxylation is 1. The van der Waals surface area contributed by atoms with Gasteiger partial charge in [-0.1, -0.05) is 12.5 Å². The van der Waals surface area contributed by atoms with Crippen molar-refractivity contribution in [1.82, 2.24) is 9.55 Å². The maximum Gasteiger partial charge on any atom is 0.253 e. The Balaban J connectivity index is 2.28. The van der Waals surface area contributed by atoms with Crippen LogP contribution >= 0.6 is 0 Å². The van der Waals surface area contributed by atoms with Gasteiger partial charge < -0.3 is 0 Å². The third-order valence-corrected chi connectivity index (χ3v) is 2.10. The molecule has 0 saturated heterocycles. The first kappa shape index (κ1) is 10.7. The fourth-order valence-electron chi connectivity index (χ4n) is 1.29. The zero-order chi connectivity index (χ0) is 10.2. The molecule has 0 bridgehead atoms. The Morgan fingerprint density at radius 1 is 1.43 bits per heavy atom. The molecule has 14 heavy (non-hydrogen) atoms. The third kappa shape index (κ3) is 3.56. The lowest BCUT2D eigenvalue weighted by atomic mass is 10.2. The van der Waals surface area contributed by atoms with E-state index in [1.165, 1.54) is 12.3 Å². The largest absolute Gasteiger partial charge is 0.299 e. The summed E-state index contributed by atoms with van der Waals surface area (Å²) in [6.45, 7) is 4.43. The molecule has 1 aromatic rings. The predicted octanol–water partition coefficient (Wildman–Crippen LogP) is 1.99. The van der Waals surface area contributed by atoms with Crippen LogP contribution < -0.4 is 5.56 Å². The second-order valence-corrected chi connectivity index (χ2v) is 3.25. The van der Waals surface area contributed by atoms with Gasteiger partial charge in [-0.15, -0.1) is 6.58 Å². The molecule has 0 aromatic carbocycles. The van der Waals surface area contributed by atoms with E-state index in [1.807, 2.05) is 6.08 Å². The number of unbranched alkanes of at least 4 members (excludes halogenated alkanes) is 3. The van der Waals surface area contributed by atoms with Crippen molar-refractivity contribution in [2.45, 2.75) is 32.2 Å². The predicted molar refractivity (Wildman–Crippen MR) is 57.2 cm³/mol. The lowest BCUT2D eigenvalue weighted by Gasteiger charge is -2.02. The second kappa shape index (κ2) is 6.13. The molecule has 76 valence electrons. The van der Waals surface area contributed by atoms with Gasteiger partial charge in [-0.25, -0.2) is 4.98 Å². The van der Waals surface area contributed by atoms with E-state index in [4.69, 9.17) is 0 Å². The molecule has 0 aliphatic rings. The third-order valence-electron chi connectivity index (χ3n) is 2.10. The molecule has 0 atom stereocenters. The van der Waals surface area contributed by atoms with Gasteiger partial charge in [0.25, 0.3) is 5.56 Å². The molecule has 0 saturated carbocycles. The molecule has 0 fully saturated rings. The fourth-order valence-corrected chi connectivity index (χ4v) is 1.29. The molecule has 0 aliphatic carbocycles. The van der Waals surface area contributed by atoms with Gasteiger partial charge in [0.05, 0.1) is 6.33 Å². The summed E-state index contributed by atoms with van der Waals surface area (Å²) in [5.74, 6) is 0. The number of allylic oxidation sites excluding steroid dienone is 1. The molecule has 0 spiro atoms. The van der Waals surface area contributed by atoms with Crippen LogP contribution in [0.2, 0.25) is 0 Å². The Kier molecular flexibility index (Phi) is 4.69. The zero-order valence-electron chi connectivity index (χ0n) is 8.35. The van der Waals surface area contributed by atoms with Gasteiger partial charge >= 0.3 is 0 Å². The van der Waals surface area contributed by atoms with Crippen molar-refractivity contribution in [3.05, 3.63) is 41.6 Å². The van der Waals surface area contributed by atoms with Crippen molar-refractivity contribution in [3.8, 4) is 0 Å². The highest BCUT2D eigenvalue weighted by Crippen LogP contribution is 2.00. The molecule has 0 radical (unpaired) electrons. The summed E-state index contributed by atoms with van der Waals surface area (Å²) in [7, 11) is 0. The summed E-state index contributed by atoms with van der Waals surface area (Å²) in [4.78, 5) is 15.2. The van der Waals surface area contributed by atoms with Crippen LogP contribution in [0.5, 0.6) is 0 Å². The van der Waals surface area contributed by atoms with E-state index >= 15 is 0 Å². The molecule has 3 heteroatoms. The lowest BCUT2D eigenvalue weighted by molar-refractivity contribution is 0.570. The number of hydrogen-bond donors (Lipinski definition) is 0. The van der Waals surface area contributed by atoms with Gasteiger partial charge in [-0.2, -0.15) is 0 Å². The average molecular weight is 192 g/mol. The lowest BCUT2D eigenvalue weighted by Crippen LogP contribution is -2.18. The average Bonchev–Trinajstić information content (AvgIpc) is 2.20. The van der Waals surface area contributed by atoms with E-state index in [2.05, 4.69) is 11.6 Å². The van der Waals surface area contributed by atoms with Crippen molar-refractivity contribution in [1.29, 1.82) is 0 Å². The minimum atomic E-state index is 0.0312. The van der Waals surface area contributed by atoms with Gasteiger partial charge in [0, 0.05) is 18.8 Å². The topological polar surface area (TPSA) is 34.9 Å². The quantitative estimate of drug-likeness (QED) is 0.510. The van der Waals surface area contributed by atoms with E-state index in [0.717, 1.165) is 32.2 Å². The summed E-state index contributed by atoms with van der Waals surface area (Å²) >= 11 is 0. The van der Waals surface area contributed by atoms with Gasteiger partial charge in [0.15, 0.2) is 0 Å². The van der Waals surface area contributed by atoms with Crippen molar-refractivity contribution >= 4 is 0 Å². The molecule has 1 rings (SSSR count). The monoisotopic (exact) mass is 192 g/mol. The standard InChI is InChI=1S/C11H16N2O/c1-2-3-4-5-6-9-13-10-12-8-7-11(13)14/h2,7-8,10H,1,3-6,9H2. The summed E-state index contributed by atoms with van der Waals surface area (Å²) in [6, 6.07) is 1.49. The Labute approximate surface area is 84.1 Å². The van der Waals surface area contributed by atoms with Crippen molar-refractivity contribution < 1.29 is 0 Å².